The highest BCUT2D eigenvalue weighted by Gasteiger charge is 2.04. The van der Waals surface area contributed by atoms with Crippen molar-refractivity contribution in [2.24, 2.45) is 4.99 Å². The summed E-state index contributed by atoms with van der Waals surface area (Å²) in [5.41, 5.74) is 0.929. The standard InChI is InChI=1S/C13H19NO4/c1-15-11-6-5-10(7-12(11)16-2)8-14-9-13(17-3)18-4/h5-8,13H,9H2,1-4H3/b14-8+. The van der Waals surface area contributed by atoms with E-state index >= 15 is 0 Å². The number of hydrogen-bond donors (Lipinski definition) is 0. The van der Waals surface area contributed by atoms with Crippen molar-refractivity contribution in [1.82, 2.24) is 0 Å². The monoisotopic (exact) mass is 253 g/mol. The summed E-state index contributed by atoms with van der Waals surface area (Å²) in [6, 6.07) is 5.60. The molecule has 0 fully saturated rings. The van der Waals surface area contributed by atoms with Gasteiger partial charge in [0.05, 0.1) is 20.8 Å². The Morgan fingerprint density at radius 3 is 2.28 bits per heavy atom. The fourth-order valence-electron chi connectivity index (χ4n) is 1.42. The number of rotatable bonds is 7. The molecule has 0 unspecified atom stereocenters. The van der Waals surface area contributed by atoms with Gasteiger partial charge in [-0.1, -0.05) is 0 Å². The van der Waals surface area contributed by atoms with Crippen LogP contribution in [-0.4, -0.2) is 47.5 Å². The highest BCUT2D eigenvalue weighted by molar-refractivity contribution is 5.80. The molecule has 18 heavy (non-hydrogen) atoms. The van der Waals surface area contributed by atoms with E-state index in [1.807, 2.05) is 18.2 Å². The zero-order valence-corrected chi connectivity index (χ0v) is 11.2. The fourth-order valence-corrected chi connectivity index (χ4v) is 1.42. The summed E-state index contributed by atoms with van der Waals surface area (Å²) in [6.07, 6.45) is 1.42. The van der Waals surface area contributed by atoms with Gasteiger partial charge in [0, 0.05) is 20.4 Å². The van der Waals surface area contributed by atoms with Gasteiger partial charge in [0.25, 0.3) is 0 Å². The van der Waals surface area contributed by atoms with Crippen molar-refractivity contribution in [2.45, 2.75) is 6.29 Å². The first kappa shape index (κ1) is 14.5. The smallest absolute Gasteiger partial charge is 0.176 e. The molecule has 0 aliphatic carbocycles. The highest BCUT2D eigenvalue weighted by atomic mass is 16.7. The molecule has 0 amide bonds. The lowest BCUT2D eigenvalue weighted by molar-refractivity contribution is -0.0936. The maximum Gasteiger partial charge on any atom is 0.176 e. The fraction of sp³-hybridized carbons (Fsp3) is 0.462. The Kier molecular flexibility index (Phi) is 6.18. The lowest BCUT2D eigenvalue weighted by Crippen LogP contribution is -2.16. The third-order valence-corrected chi connectivity index (χ3v) is 2.43. The summed E-state index contributed by atoms with van der Waals surface area (Å²) in [5, 5.41) is 0. The van der Waals surface area contributed by atoms with Crippen molar-refractivity contribution >= 4 is 6.21 Å². The van der Waals surface area contributed by atoms with Crippen molar-refractivity contribution in [3.63, 3.8) is 0 Å². The Bertz CT molecular complexity index is 389. The molecule has 0 aliphatic heterocycles. The largest absolute Gasteiger partial charge is 0.493 e. The third-order valence-electron chi connectivity index (χ3n) is 2.43. The molecule has 1 aromatic rings. The molecule has 0 bridgehead atoms. The van der Waals surface area contributed by atoms with E-state index in [0.29, 0.717) is 18.0 Å². The molecular weight excluding hydrogens is 234 g/mol. The number of methoxy groups -OCH3 is 4. The van der Waals surface area contributed by atoms with Gasteiger partial charge in [-0.15, -0.1) is 0 Å². The van der Waals surface area contributed by atoms with Gasteiger partial charge in [-0.2, -0.15) is 0 Å². The maximum absolute atomic E-state index is 5.21. The van der Waals surface area contributed by atoms with E-state index in [4.69, 9.17) is 18.9 Å². The zero-order valence-electron chi connectivity index (χ0n) is 11.2. The van der Waals surface area contributed by atoms with Crippen LogP contribution in [0, 0.1) is 0 Å². The first-order valence-electron chi connectivity index (χ1n) is 5.52. The Morgan fingerprint density at radius 1 is 1.06 bits per heavy atom. The second kappa shape index (κ2) is 7.68. The van der Waals surface area contributed by atoms with E-state index in [-0.39, 0.29) is 6.29 Å². The molecule has 1 rings (SSSR count). The van der Waals surface area contributed by atoms with Crippen LogP contribution in [0.3, 0.4) is 0 Å². The molecule has 0 saturated carbocycles. The first-order valence-corrected chi connectivity index (χ1v) is 5.52. The summed E-state index contributed by atoms with van der Waals surface area (Å²) in [5.74, 6) is 1.37. The van der Waals surface area contributed by atoms with Gasteiger partial charge in [0.1, 0.15) is 0 Å². The minimum atomic E-state index is -0.318. The van der Waals surface area contributed by atoms with Crippen molar-refractivity contribution in [3.8, 4) is 11.5 Å². The van der Waals surface area contributed by atoms with Gasteiger partial charge in [-0.25, -0.2) is 0 Å². The number of benzene rings is 1. The van der Waals surface area contributed by atoms with Crippen LogP contribution in [0.2, 0.25) is 0 Å². The quantitative estimate of drug-likeness (QED) is 0.548. The minimum Gasteiger partial charge on any atom is -0.493 e. The highest BCUT2D eigenvalue weighted by Crippen LogP contribution is 2.26. The number of nitrogens with zero attached hydrogens (tertiary/aromatic N) is 1. The predicted octanol–water partition coefficient (Wildman–Crippen LogP) is 1.74. The summed E-state index contributed by atoms with van der Waals surface area (Å²) in [7, 11) is 6.37. The molecule has 1 aromatic carbocycles. The third kappa shape index (κ3) is 4.01. The van der Waals surface area contributed by atoms with Gasteiger partial charge in [0.2, 0.25) is 0 Å². The molecular formula is C13H19NO4. The average molecular weight is 253 g/mol. The van der Waals surface area contributed by atoms with Crippen molar-refractivity contribution < 1.29 is 18.9 Å². The number of aliphatic imine (C=N–C) groups is 1. The molecule has 100 valence electrons. The molecule has 0 aliphatic rings. The van der Waals surface area contributed by atoms with Gasteiger partial charge in [-0.05, 0) is 23.8 Å². The lowest BCUT2D eigenvalue weighted by Gasteiger charge is -2.10. The summed E-state index contributed by atoms with van der Waals surface area (Å²) < 4.78 is 20.4. The van der Waals surface area contributed by atoms with E-state index in [2.05, 4.69) is 4.99 Å². The van der Waals surface area contributed by atoms with Crippen LogP contribution < -0.4 is 9.47 Å². The van der Waals surface area contributed by atoms with E-state index < -0.39 is 0 Å². The average Bonchev–Trinajstić information content (AvgIpc) is 2.43. The zero-order chi connectivity index (χ0) is 13.4. The van der Waals surface area contributed by atoms with Crippen molar-refractivity contribution in [2.75, 3.05) is 35.0 Å². The molecule has 0 aromatic heterocycles. The molecule has 0 N–H and O–H groups in total. The van der Waals surface area contributed by atoms with Gasteiger partial charge < -0.3 is 18.9 Å². The van der Waals surface area contributed by atoms with Crippen LogP contribution in [0.5, 0.6) is 11.5 Å². The molecule has 0 spiro atoms. The number of ether oxygens (including phenoxy) is 4. The molecule has 0 atom stereocenters. The number of hydrogen-bond acceptors (Lipinski definition) is 5. The Hall–Kier alpha value is -1.59. The predicted molar refractivity (Wildman–Crippen MR) is 69.8 cm³/mol. The van der Waals surface area contributed by atoms with Crippen LogP contribution in [0.15, 0.2) is 23.2 Å². The molecule has 0 heterocycles. The Balaban J connectivity index is 2.70. The molecule has 0 radical (unpaired) electrons. The van der Waals surface area contributed by atoms with E-state index in [9.17, 15) is 0 Å². The van der Waals surface area contributed by atoms with Crippen LogP contribution in [0.1, 0.15) is 5.56 Å². The van der Waals surface area contributed by atoms with Crippen LogP contribution in [0.4, 0.5) is 0 Å². The van der Waals surface area contributed by atoms with Gasteiger partial charge in [-0.3, -0.25) is 4.99 Å². The minimum absolute atomic E-state index is 0.318. The second-order valence-corrected chi connectivity index (χ2v) is 3.51. The Labute approximate surface area is 107 Å². The molecule has 0 saturated heterocycles. The lowest BCUT2D eigenvalue weighted by atomic mass is 10.2. The van der Waals surface area contributed by atoms with Gasteiger partial charge >= 0.3 is 0 Å². The maximum atomic E-state index is 5.21. The van der Waals surface area contributed by atoms with Gasteiger partial charge in [0.15, 0.2) is 17.8 Å². The van der Waals surface area contributed by atoms with E-state index in [1.54, 1.807) is 34.7 Å². The normalized spacial score (nSPS) is 11.2. The molecule has 5 heteroatoms. The summed E-state index contributed by atoms with van der Waals surface area (Å²) in [6.45, 7) is 0.446. The second-order valence-electron chi connectivity index (χ2n) is 3.51. The Morgan fingerprint density at radius 2 is 1.72 bits per heavy atom. The summed E-state index contributed by atoms with van der Waals surface area (Å²) >= 11 is 0. The van der Waals surface area contributed by atoms with Crippen molar-refractivity contribution in [1.29, 1.82) is 0 Å². The van der Waals surface area contributed by atoms with Crippen LogP contribution in [-0.2, 0) is 9.47 Å². The van der Waals surface area contributed by atoms with Crippen molar-refractivity contribution in [3.05, 3.63) is 23.8 Å². The summed E-state index contributed by atoms with van der Waals surface area (Å²) in [4.78, 5) is 4.24. The van der Waals surface area contributed by atoms with Crippen LogP contribution in [0.25, 0.3) is 0 Å². The SMILES string of the molecule is COc1ccc(/C=N/CC(OC)OC)cc1OC. The van der Waals surface area contributed by atoms with E-state index in [1.165, 1.54) is 0 Å². The first-order chi connectivity index (χ1) is 8.74. The topological polar surface area (TPSA) is 49.3 Å². The van der Waals surface area contributed by atoms with E-state index in [0.717, 1.165) is 5.56 Å². The van der Waals surface area contributed by atoms with Crippen LogP contribution >= 0.6 is 0 Å². The molecule has 5 nitrogen and oxygen atoms in total.